The molecule has 0 unspecified atom stereocenters. The molecule has 1 saturated heterocycles. The molecule has 8 nitrogen and oxygen atoms in total. The van der Waals surface area contributed by atoms with Crippen LogP contribution in [0.3, 0.4) is 0 Å². The molecule has 0 atom stereocenters. The number of amides is 1. The predicted molar refractivity (Wildman–Crippen MR) is 120 cm³/mol. The summed E-state index contributed by atoms with van der Waals surface area (Å²) in [5, 5.41) is 7.23. The molecule has 2 heterocycles. The largest absolute Gasteiger partial charge is 0.369 e. The molecule has 0 saturated carbocycles. The first-order valence-corrected chi connectivity index (χ1v) is 11.6. The zero-order valence-electron chi connectivity index (χ0n) is 16.9. The van der Waals surface area contributed by atoms with Crippen LogP contribution in [0.4, 0.5) is 11.4 Å². The first-order valence-electron chi connectivity index (χ1n) is 9.75. The van der Waals surface area contributed by atoms with Gasteiger partial charge in [0.2, 0.25) is 5.03 Å². The number of aromatic nitrogens is 2. The number of anilines is 2. The Hall–Kier alpha value is -2.88. The van der Waals surface area contributed by atoms with E-state index in [1.165, 1.54) is 15.2 Å². The van der Waals surface area contributed by atoms with E-state index in [0.29, 0.717) is 23.8 Å². The van der Waals surface area contributed by atoms with Crippen molar-refractivity contribution >= 4 is 38.9 Å². The number of rotatable bonds is 5. The fourth-order valence-electron chi connectivity index (χ4n) is 3.52. The second kappa shape index (κ2) is 8.70. The van der Waals surface area contributed by atoms with E-state index < -0.39 is 15.9 Å². The Balaban J connectivity index is 1.52. The number of hydrogen-bond donors (Lipinski definition) is 1. The van der Waals surface area contributed by atoms with Crippen molar-refractivity contribution in [2.24, 2.45) is 7.05 Å². The number of carbonyl (C=O) groups excluding carboxylic acids is 1. The number of nitrogens with zero attached hydrogens (tertiary/aromatic N) is 4. The summed E-state index contributed by atoms with van der Waals surface area (Å²) in [6.07, 6.45) is 1.42. The number of benzene rings is 2. The van der Waals surface area contributed by atoms with Crippen LogP contribution in [-0.2, 0) is 17.1 Å². The van der Waals surface area contributed by atoms with Gasteiger partial charge in [-0.3, -0.25) is 9.48 Å². The fraction of sp³-hybridized carbons (Fsp3) is 0.238. The van der Waals surface area contributed by atoms with Gasteiger partial charge in [-0.05, 0) is 30.3 Å². The number of nitrogens with one attached hydrogen (secondary N) is 1. The summed E-state index contributed by atoms with van der Waals surface area (Å²) in [6.45, 7) is 1.59. The Morgan fingerprint density at radius 1 is 1.03 bits per heavy atom. The molecule has 0 bridgehead atoms. The van der Waals surface area contributed by atoms with Crippen LogP contribution in [0.15, 0.2) is 65.8 Å². The maximum Gasteiger partial charge on any atom is 0.263 e. The summed E-state index contributed by atoms with van der Waals surface area (Å²) in [4.78, 5) is 14.9. The third kappa shape index (κ3) is 4.58. The lowest BCUT2D eigenvalue weighted by atomic mass is 10.2. The Bertz CT molecular complexity index is 1190. The van der Waals surface area contributed by atoms with Gasteiger partial charge < -0.3 is 10.2 Å². The first kappa shape index (κ1) is 21.4. The summed E-state index contributed by atoms with van der Waals surface area (Å²) in [5.41, 5.74) is 1.55. The van der Waals surface area contributed by atoms with E-state index in [2.05, 4.69) is 15.3 Å². The molecule has 1 amide bonds. The highest BCUT2D eigenvalue weighted by molar-refractivity contribution is 7.89. The molecule has 0 aliphatic carbocycles. The highest BCUT2D eigenvalue weighted by Crippen LogP contribution is 2.24. The zero-order chi connectivity index (χ0) is 22.0. The number of aryl methyl sites for hydroxylation is 1. The normalized spacial score (nSPS) is 15.1. The molecular weight excluding hydrogens is 438 g/mol. The molecule has 1 aliphatic heterocycles. The standard InChI is InChI=1S/C21H22ClN5O3S/c1-25-15-19(20(28)23-17-7-3-2-4-8-17)21(24-25)31(29,30)27-12-10-26(11-13-27)18-9-5-6-16(22)14-18/h2-9,14-15H,10-13H2,1H3,(H,23,28). The van der Waals surface area contributed by atoms with Gasteiger partial charge in [0.25, 0.3) is 15.9 Å². The summed E-state index contributed by atoms with van der Waals surface area (Å²) in [5.74, 6) is -0.518. The fourth-order valence-corrected chi connectivity index (χ4v) is 5.24. The first-order chi connectivity index (χ1) is 14.8. The van der Waals surface area contributed by atoms with Gasteiger partial charge in [-0.1, -0.05) is 35.9 Å². The molecule has 2 aromatic carbocycles. The van der Waals surface area contributed by atoms with Gasteiger partial charge >= 0.3 is 0 Å². The van der Waals surface area contributed by atoms with Crippen LogP contribution in [0.5, 0.6) is 0 Å². The molecule has 4 rings (SSSR count). The van der Waals surface area contributed by atoms with Gasteiger partial charge in [-0.15, -0.1) is 0 Å². The van der Waals surface area contributed by atoms with E-state index >= 15 is 0 Å². The average molecular weight is 460 g/mol. The molecule has 0 spiro atoms. The van der Waals surface area contributed by atoms with Crippen molar-refractivity contribution in [3.05, 3.63) is 71.4 Å². The second-order valence-electron chi connectivity index (χ2n) is 7.21. The van der Waals surface area contributed by atoms with E-state index in [1.54, 1.807) is 37.4 Å². The number of para-hydroxylation sites is 1. The van der Waals surface area contributed by atoms with Crippen LogP contribution in [0, 0.1) is 0 Å². The lowest BCUT2D eigenvalue weighted by Crippen LogP contribution is -2.49. The van der Waals surface area contributed by atoms with Gasteiger partial charge in [-0.2, -0.15) is 9.40 Å². The number of carbonyl (C=O) groups is 1. The summed E-state index contributed by atoms with van der Waals surface area (Å²) in [6, 6.07) is 16.3. The lowest BCUT2D eigenvalue weighted by Gasteiger charge is -2.35. The van der Waals surface area contributed by atoms with Gasteiger partial charge in [0, 0.05) is 55.8 Å². The smallest absolute Gasteiger partial charge is 0.263 e. The molecule has 1 N–H and O–H groups in total. The maximum atomic E-state index is 13.3. The Kier molecular flexibility index (Phi) is 5.99. The monoisotopic (exact) mass is 459 g/mol. The van der Waals surface area contributed by atoms with Crippen LogP contribution >= 0.6 is 11.6 Å². The second-order valence-corrected chi connectivity index (χ2v) is 9.50. The quantitative estimate of drug-likeness (QED) is 0.634. The number of piperazine rings is 1. The highest BCUT2D eigenvalue weighted by Gasteiger charge is 2.34. The minimum Gasteiger partial charge on any atom is -0.369 e. The van der Waals surface area contributed by atoms with Crippen molar-refractivity contribution in [1.29, 1.82) is 0 Å². The summed E-state index contributed by atoms with van der Waals surface area (Å²) >= 11 is 6.07. The minimum atomic E-state index is -3.94. The molecular formula is C21H22ClN5O3S. The molecule has 10 heteroatoms. The van der Waals surface area contributed by atoms with E-state index in [9.17, 15) is 13.2 Å². The van der Waals surface area contributed by atoms with E-state index in [0.717, 1.165) is 5.69 Å². The van der Waals surface area contributed by atoms with Crippen LogP contribution < -0.4 is 10.2 Å². The van der Waals surface area contributed by atoms with Gasteiger partial charge in [-0.25, -0.2) is 8.42 Å². The molecule has 1 fully saturated rings. The molecule has 162 valence electrons. The average Bonchev–Trinajstić information content (AvgIpc) is 3.17. The Morgan fingerprint density at radius 2 is 1.74 bits per heavy atom. The number of halogens is 1. The van der Waals surface area contributed by atoms with E-state index in [4.69, 9.17) is 11.6 Å². The maximum absolute atomic E-state index is 13.3. The third-order valence-electron chi connectivity index (χ3n) is 5.07. The van der Waals surface area contributed by atoms with E-state index in [1.807, 2.05) is 24.3 Å². The molecule has 1 aromatic heterocycles. The van der Waals surface area contributed by atoms with Crippen molar-refractivity contribution in [1.82, 2.24) is 14.1 Å². The topological polar surface area (TPSA) is 87.5 Å². The molecule has 0 radical (unpaired) electrons. The summed E-state index contributed by atoms with van der Waals surface area (Å²) < 4.78 is 29.3. The lowest BCUT2D eigenvalue weighted by molar-refractivity contribution is 0.102. The number of hydrogen-bond acceptors (Lipinski definition) is 5. The van der Waals surface area contributed by atoms with Crippen LogP contribution in [-0.4, -0.2) is 54.6 Å². The predicted octanol–water partition coefficient (Wildman–Crippen LogP) is 2.84. The van der Waals surface area contributed by atoms with Crippen LogP contribution in [0.2, 0.25) is 5.02 Å². The van der Waals surface area contributed by atoms with Crippen LogP contribution in [0.1, 0.15) is 10.4 Å². The minimum absolute atomic E-state index is 0.0172. The molecule has 1 aliphatic rings. The Morgan fingerprint density at radius 3 is 2.42 bits per heavy atom. The van der Waals surface area contributed by atoms with Gasteiger partial charge in [0.05, 0.1) is 5.56 Å². The molecule has 31 heavy (non-hydrogen) atoms. The SMILES string of the molecule is Cn1cc(C(=O)Nc2ccccc2)c(S(=O)(=O)N2CCN(c3cccc(Cl)c3)CC2)n1. The van der Waals surface area contributed by atoms with Crippen molar-refractivity contribution in [3.8, 4) is 0 Å². The van der Waals surface area contributed by atoms with E-state index in [-0.39, 0.29) is 23.7 Å². The van der Waals surface area contributed by atoms with Crippen LogP contribution in [0.25, 0.3) is 0 Å². The zero-order valence-corrected chi connectivity index (χ0v) is 18.5. The third-order valence-corrected chi connectivity index (χ3v) is 7.14. The van der Waals surface area contributed by atoms with Gasteiger partial charge in [0.1, 0.15) is 0 Å². The molecule has 3 aromatic rings. The Labute approximate surface area is 186 Å². The number of sulfonamides is 1. The van der Waals surface area contributed by atoms with Crippen molar-refractivity contribution < 1.29 is 13.2 Å². The van der Waals surface area contributed by atoms with Crippen molar-refractivity contribution in [3.63, 3.8) is 0 Å². The summed E-state index contributed by atoms with van der Waals surface area (Å²) in [7, 11) is -2.34. The van der Waals surface area contributed by atoms with Crippen molar-refractivity contribution in [2.75, 3.05) is 36.4 Å². The van der Waals surface area contributed by atoms with Gasteiger partial charge in [0.15, 0.2) is 0 Å². The van der Waals surface area contributed by atoms with Crippen molar-refractivity contribution in [2.45, 2.75) is 5.03 Å². The highest BCUT2D eigenvalue weighted by atomic mass is 35.5.